The van der Waals surface area contributed by atoms with Crippen LogP contribution in [0.25, 0.3) is 0 Å². The molecule has 1 aliphatic heterocycles. The first-order chi connectivity index (χ1) is 4.83. The first-order valence-corrected chi connectivity index (χ1v) is 3.55. The summed E-state index contributed by atoms with van der Waals surface area (Å²) < 4.78 is 0. The second-order valence-corrected chi connectivity index (χ2v) is 2.57. The van der Waals surface area contributed by atoms with E-state index in [0.29, 0.717) is 13.0 Å². The molecule has 56 valence electrons. The van der Waals surface area contributed by atoms with Gasteiger partial charge >= 0.3 is 0 Å². The molecule has 0 aromatic carbocycles. The summed E-state index contributed by atoms with van der Waals surface area (Å²) in [6.45, 7) is 0.655. The van der Waals surface area contributed by atoms with Gasteiger partial charge in [0, 0.05) is 18.9 Å². The Bertz CT molecular complexity index is 145. The van der Waals surface area contributed by atoms with Gasteiger partial charge in [-0.1, -0.05) is 0 Å². The van der Waals surface area contributed by atoms with E-state index in [1.165, 1.54) is 0 Å². The number of nitrogens with one attached hydrogen (secondary N) is 1. The minimum atomic E-state index is 0.0735. The van der Waals surface area contributed by atoms with E-state index in [2.05, 4.69) is 5.32 Å². The average Bonchev–Trinajstić information content (AvgIpc) is 2.14. The summed E-state index contributed by atoms with van der Waals surface area (Å²) in [6, 6.07) is 0. The Hall–Kier alpha value is -0.860. The van der Waals surface area contributed by atoms with E-state index in [4.69, 9.17) is 0 Å². The Morgan fingerprint density at radius 1 is 1.50 bits per heavy atom. The van der Waals surface area contributed by atoms with Crippen LogP contribution in [0.4, 0.5) is 0 Å². The van der Waals surface area contributed by atoms with E-state index in [-0.39, 0.29) is 11.8 Å². The summed E-state index contributed by atoms with van der Waals surface area (Å²) in [5.41, 5.74) is 0. The van der Waals surface area contributed by atoms with E-state index < -0.39 is 0 Å². The molecule has 1 aliphatic rings. The molecule has 0 spiro atoms. The van der Waals surface area contributed by atoms with Crippen molar-refractivity contribution in [2.45, 2.75) is 19.3 Å². The van der Waals surface area contributed by atoms with Gasteiger partial charge in [-0.15, -0.1) is 0 Å². The summed E-state index contributed by atoms with van der Waals surface area (Å²) in [5, 5.41) is 2.71. The monoisotopic (exact) mass is 141 g/mol. The molecule has 1 unspecified atom stereocenters. The maximum absolute atomic E-state index is 10.7. The van der Waals surface area contributed by atoms with Crippen molar-refractivity contribution >= 4 is 12.2 Å². The Morgan fingerprint density at radius 2 is 2.30 bits per heavy atom. The number of hydrogen-bond donors (Lipinski definition) is 1. The van der Waals surface area contributed by atoms with Gasteiger partial charge in [0.1, 0.15) is 6.29 Å². The van der Waals surface area contributed by atoms with Gasteiger partial charge < -0.3 is 10.1 Å². The molecule has 3 heteroatoms. The lowest BCUT2D eigenvalue weighted by molar-refractivity contribution is -0.120. The van der Waals surface area contributed by atoms with Gasteiger partial charge in [-0.2, -0.15) is 0 Å². The predicted molar refractivity (Wildman–Crippen MR) is 36.4 cm³/mol. The highest BCUT2D eigenvalue weighted by Gasteiger charge is 2.14. The average molecular weight is 141 g/mol. The smallest absolute Gasteiger partial charge is 0.220 e. The Kier molecular flexibility index (Phi) is 2.42. The van der Waals surface area contributed by atoms with Crippen LogP contribution in [-0.4, -0.2) is 18.7 Å². The van der Waals surface area contributed by atoms with Crippen LogP contribution in [0.1, 0.15) is 19.3 Å². The molecule has 0 saturated carbocycles. The van der Waals surface area contributed by atoms with Crippen LogP contribution in [0.15, 0.2) is 0 Å². The van der Waals surface area contributed by atoms with E-state index >= 15 is 0 Å². The first-order valence-electron chi connectivity index (χ1n) is 3.55. The minimum absolute atomic E-state index is 0.0735. The van der Waals surface area contributed by atoms with E-state index in [1.54, 1.807) is 0 Å². The van der Waals surface area contributed by atoms with Crippen molar-refractivity contribution in [1.29, 1.82) is 0 Å². The lowest BCUT2D eigenvalue weighted by atomic mass is 10.0. The molecule has 10 heavy (non-hydrogen) atoms. The van der Waals surface area contributed by atoms with Crippen LogP contribution in [0, 0.1) is 5.92 Å². The third kappa shape index (κ3) is 1.83. The van der Waals surface area contributed by atoms with Crippen LogP contribution >= 0.6 is 0 Å². The van der Waals surface area contributed by atoms with Crippen molar-refractivity contribution in [3.63, 3.8) is 0 Å². The largest absolute Gasteiger partial charge is 0.356 e. The molecular weight excluding hydrogens is 130 g/mol. The second kappa shape index (κ2) is 3.34. The lowest BCUT2D eigenvalue weighted by Crippen LogP contribution is -2.21. The molecule has 0 aromatic heterocycles. The highest BCUT2D eigenvalue weighted by atomic mass is 16.1. The summed E-state index contributed by atoms with van der Waals surface area (Å²) >= 11 is 0. The zero-order chi connectivity index (χ0) is 7.40. The van der Waals surface area contributed by atoms with Crippen LogP contribution in [0.5, 0.6) is 0 Å². The van der Waals surface area contributed by atoms with Crippen LogP contribution in [0.2, 0.25) is 0 Å². The fourth-order valence-electron chi connectivity index (χ4n) is 1.08. The molecule has 0 bridgehead atoms. The van der Waals surface area contributed by atoms with Gasteiger partial charge in [-0.05, 0) is 12.8 Å². The first kappa shape index (κ1) is 7.25. The SMILES string of the molecule is O=CC1CCNC(=O)CC1. The zero-order valence-corrected chi connectivity index (χ0v) is 5.80. The third-order valence-electron chi connectivity index (χ3n) is 1.77. The fourth-order valence-corrected chi connectivity index (χ4v) is 1.08. The topological polar surface area (TPSA) is 46.2 Å². The van der Waals surface area contributed by atoms with Crippen molar-refractivity contribution < 1.29 is 9.59 Å². The highest BCUT2D eigenvalue weighted by molar-refractivity contribution is 5.76. The number of hydrogen-bond acceptors (Lipinski definition) is 2. The normalized spacial score (nSPS) is 26.8. The van der Waals surface area contributed by atoms with Crippen molar-refractivity contribution in [3.8, 4) is 0 Å². The molecule has 0 radical (unpaired) electrons. The maximum Gasteiger partial charge on any atom is 0.220 e. The van der Waals surface area contributed by atoms with Gasteiger partial charge in [0.15, 0.2) is 0 Å². The Labute approximate surface area is 59.8 Å². The lowest BCUT2D eigenvalue weighted by Gasteiger charge is -2.00. The number of carbonyl (C=O) groups is 2. The van der Waals surface area contributed by atoms with Crippen LogP contribution in [-0.2, 0) is 9.59 Å². The molecule has 0 aliphatic carbocycles. The molecule has 0 aromatic rings. The highest BCUT2D eigenvalue weighted by Crippen LogP contribution is 2.10. The molecule has 3 nitrogen and oxygen atoms in total. The Morgan fingerprint density at radius 3 is 3.00 bits per heavy atom. The van der Waals surface area contributed by atoms with Crippen molar-refractivity contribution in [1.82, 2.24) is 5.32 Å². The van der Waals surface area contributed by atoms with Crippen molar-refractivity contribution in [2.75, 3.05) is 6.54 Å². The van der Waals surface area contributed by atoms with Gasteiger partial charge in [-0.3, -0.25) is 4.79 Å². The molecule has 1 atom stereocenters. The van der Waals surface area contributed by atoms with Crippen LogP contribution in [0.3, 0.4) is 0 Å². The molecule has 1 heterocycles. The van der Waals surface area contributed by atoms with E-state index in [9.17, 15) is 9.59 Å². The summed E-state index contributed by atoms with van der Waals surface area (Å²) in [6.07, 6.45) is 2.97. The third-order valence-corrected chi connectivity index (χ3v) is 1.77. The molecule has 1 rings (SSSR count). The van der Waals surface area contributed by atoms with Gasteiger partial charge in [0.05, 0.1) is 0 Å². The molecular formula is C7H11NO2. The number of aldehydes is 1. The molecule has 1 fully saturated rings. The van der Waals surface area contributed by atoms with Gasteiger partial charge in [0.25, 0.3) is 0 Å². The second-order valence-electron chi connectivity index (χ2n) is 2.57. The molecule has 1 N–H and O–H groups in total. The molecule has 1 amide bonds. The number of rotatable bonds is 1. The summed E-state index contributed by atoms with van der Waals surface area (Å²) in [7, 11) is 0. The quantitative estimate of drug-likeness (QED) is 0.526. The minimum Gasteiger partial charge on any atom is -0.356 e. The van der Waals surface area contributed by atoms with Gasteiger partial charge in [0.2, 0.25) is 5.91 Å². The molecule has 1 saturated heterocycles. The summed E-state index contributed by atoms with van der Waals surface area (Å²) in [5.74, 6) is 0.170. The van der Waals surface area contributed by atoms with E-state index in [1.807, 2.05) is 0 Å². The zero-order valence-electron chi connectivity index (χ0n) is 5.80. The Balaban J connectivity index is 2.40. The fraction of sp³-hybridized carbons (Fsp3) is 0.714. The summed E-state index contributed by atoms with van der Waals surface area (Å²) in [4.78, 5) is 21.0. The maximum atomic E-state index is 10.7. The number of amides is 1. The number of carbonyl (C=O) groups excluding carboxylic acids is 2. The van der Waals surface area contributed by atoms with Gasteiger partial charge in [-0.25, -0.2) is 0 Å². The predicted octanol–water partition coefficient (Wildman–Crippen LogP) is 0.102. The van der Waals surface area contributed by atoms with Crippen LogP contribution < -0.4 is 5.32 Å². The van der Waals surface area contributed by atoms with Crippen molar-refractivity contribution in [2.24, 2.45) is 5.92 Å². The van der Waals surface area contributed by atoms with Crippen molar-refractivity contribution in [3.05, 3.63) is 0 Å². The van der Waals surface area contributed by atoms with E-state index in [0.717, 1.165) is 19.1 Å². The standard InChI is InChI=1S/C7H11NO2/c9-5-6-1-2-7(10)8-4-3-6/h5-6H,1-4H2,(H,8,10).